The van der Waals surface area contributed by atoms with Gasteiger partial charge in [0, 0.05) is 6.20 Å². The molecule has 0 bridgehead atoms. The maximum Gasteiger partial charge on any atom is 0.267 e. The molecule has 0 atom stereocenters. The summed E-state index contributed by atoms with van der Waals surface area (Å²) in [5, 5.41) is 0. The van der Waals surface area contributed by atoms with Crippen LogP contribution in [0, 0.1) is 19.7 Å². The fourth-order valence-corrected chi connectivity index (χ4v) is 0.956. The molecule has 1 aromatic heterocycles. The lowest BCUT2D eigenvalue weighted by molar-refractivity contribution is 0.145. The van der Waals surface area contributed by atoms with Crippen LogP contribution >= 0.6 is 0 Å². The van der Waals surface area contributed by atoms with Crippen LogP contribution in [0.3, 0.4) is 0 Å². The van der Waals surface area contributed by atoms with Crippen molar-refractivity contribution in [3.63, 3.8) is 0 Å². The molecule has 1 rings (SSSR count). The van der Waals surface area contributed by atoms with Crippen LogP contribution in [0.4, 0.5) is 13.2 Å². The van der Waals surface area contributed by atoms with E-state index in [1.54, 1.807) is 0 Å². The minimum absolute atomic E-state index is 0.0101. The second-order valence-corrected chi connectivity index (χ2v) is 2.55. The van der Waals surface area contributed by atoms with Crippen LogP contribution in [-0.4, -0.2) is 4.98 Å². The first-order valence-corrected chi connectivity index (χ1v) is 3.43. The van der Waals surface area contributed by atoms with Crippen LogP contribution in [0.5, 0.6) is 0 Å². The minimum Gasteiger partial charge on any atom is -0.258 e. The maximum atomic E-state index is 13.0. The van der Waals surface area contributed by atoms with Gasteiger partial charge in [-0.3, -0.25) is 4.98 Å². The van der Waals surface area contributed by atoms with E-state index < -0.39 is 17.8 Å². The zero-order chi connectivity index (χ0) is 9.30. The van der Waals surface area contributed by atoms with E-state index in [1.807, 2.05) is 0 Å². The van der Waals surface area contributed by atoms with Gasteiger partial charge in [0.1, 0.15) is 0 Å². The zero-order valence-corrected chi connectivity index (χ0v) is 6.74. The van der Waals surface area contributed by atoms with Crippen LogP contribution in [0.1, 0.15) is 23.2 Å². The SMILES string of the molecule is Cc1cnc(C)c(F)c1C(F)F. The molecule has 0 unspecified atom stereocenters. The highest BCUT2D eigenvalue weighted by Gasteiger charge is 2.18. The van der Waals surface area contributed by atoms with Crippen molar-refractivity contribution in [2.24, 2.45) is 0 Å². The van der Waals surface area contributed by atoms with Gasteiger partial charge in [-0.15, -0.1) is 0 Å². The number of aromatic nitrogens is 1. The molecule has 0 amide bonds. The van der Waals surface area contributed by atoms with Crippen LogP contribution in [0.2, 0.25) is 0 Å². The largest absolute Gasteiger partial charge is 0.267 e. The summed E-state index contributed by atoms with van der Waals surface area (Å²) in [5.74, 6) is -0.898. The minimum atomic E-state index is -2.77. The predicted octanol–water partition coefficient (Wildman–Crippen LogP) is 2.78. The number of hydrogen-bond donors (Lipinski definition) is 0. The van der Waals surface area contributed by atoms with Gasteiger partial charge in [-0.25, -0.2) is 13.2 Å². The summed E-state index contributed by atoms with van der Waals surface area (Å²) in [5.41, 5.74) is -0.341. The second-order valence-electron chi connectivity index (χ2n) is 2.55. The summed E-state index contributed by atoms with van der Waals surface area (Å²) >= 11 is 0. The van der Waals surface area contributed by atoms with E-state index in [9.17, 15) is 13.2 Å². The summed E-state index contributed by atoms with van der Waals surface area (Å²) in [6.07, 6.45) is -1.52. The highest BCUT2D eigenvalue weighted by Crippen LogP contribution is 2.25. The van der Waals surface area contributed by atoms with Gasteiger partial charge in [-0.05, 0) is 19.4 Å². The van der Waals surface area contributed by atoms with Crippen LogP contribution < -0.4 is 0 Å². The third kappa shape index (κ3) is 1.42. The topological polar surface area (TPSA) is 12.9 Å². The Morgan fingerprint density at radius 2 is 1.92 bits per heavy atom. The monoisotopic (exact) mass is 175 g/mol. The number of alkyl halides is 2. The van der Waals surface area contributed by atoms with Gasteiger partial charge in [0.2, 0.25) is 0 Å². The van der Waals surface area contributed by atoms with Gasteiger partial charge in [0.25, 0.3) is 6.43 Å². The van der Waals surface area contributed by atoms with Crippen molar-refractivity contribution in [3.8, 4) is 0 Å². The van der Waals surface area contributed by atoms with Crippen molar-refractivity contribution < 1.29 is 13.2 Å². The van der Waals surface area contributed by atoms with Gasteiger partial charge in [0.15, 0.2) is 5.82 Å². The van der Waals surface area contributed by atoms with Crippen molar-refractivity contribution >= 4 is 0 Å². The second kappa shape index (κ2) is 3.13. The summed E-state index contributed by atoms with van der Waals surface area (Å²) < 4.78 is 37.4. The highest BCUT2D eigenvalue weighted by molar-refractivity contribution is 5.28. The average molecular weight is 175 g/mol. The molecule has 0 aliphatic carbocycles. The van der Waals surface area contributed by atoms with Gasteiger partial charge in [-0.1, -0.05) is 0 Å². The number of hydrogen-bond acceptors (Lipinski definition) is 1. The van der Waals surface area contributed by atoms with Gasteiger partial charge in [0.05, 0.1) is 11.3 Å². The van der Waals surface area contributed by atoms with Crippen molar-refractivity contribution in [2.45, 2.75) is 20.3 Å². The predicted molar refractivity (Wildman–Crippen MR) is 38.6 cm³/mol. The van der Waals surface area contributed by atoms with Crippen molar-refractivity contribution in [3.05, 3.63) is 28.8 Å². The molecule has 0 spiro atoms. The van der Waals surface area contributed by atoms with Gasteiger partial charge < -0.3 is 0 Å². The van der Waals surface area contributed by atoms with E-state index >= 15 is 0 Å². The van der Waals surface area contributed by atoms with E-state index in [1.165, 1.54) is 20.0 Å². The molecule has 1 nitrogen and oxygen atoms in total. The quantitative estimate of drug-likeness (QED) is 0.639. The molecule has 0 saturated carbocycles. The van der Waals surface area contributed by atoms with E-state index in [-0.39, 0.29) is 11.3 Å². The molecule has 66 valence electrons. The molecule has 12 heavy (non-hydrogen) atoms. The maximum absolute atomic E-state index is 13.0. The Bertz CT molecular complexity index is 297. The molecule has 0 N–H and O–H groups in total. The van der Waals surface area contributed by atoms with Gasteiger partial charge in [-0.2, -0.15) is 0 Å². The zero-order valence-electron chi connectivity index (χ0n) is 6.74. The van der Waals surface area contributed by atoms with Crippen LogP contribution in [-0.2, 0) is 0 Å². The molecule has 0 radical (unpaired) electrons. The Balaban J connectivity index is 3.33. The molecular formula is C8H8F3N. The lowest BCUT2D eigenvalue weighted by Gasteiger charge is -2.06. The van der Waals surface area contributed by atoms with Crippen LogP contribution in [0.15, 0.2) is 6.20 Å². The van der Waals surface area contributed by atoms with Crippen LogP contribution in [0.25, 0.3) is 0 Å². The molecule has 0 aromatic carbocycles. The first-order chi connectivity index (χ1) is 5.54. The summed E-state index contributed by atoms with van der Waals surface area (Å²) in [4.78, 5) is 3.61. The number of halogens is 3. The molecule has 0 fully saturated rings. The molecule has 0 saturated heterocycles. The lowest BCUT2D eigenvalue weighted by Crippen LogP contribution is -1.99. The Hall–Kier alpha value is -1.06. The molecule has 0 aliphatic rings. The number of rotatable bonds is 1. The summed E-state index contributed by atoms with van der Waals surface area (Å²) in [6, 6.07) is 0. The smallest absolute Gasteiger partial charge is 0.258 e. The number of nitrogens with zero attached hydrogens (tertiary/aromatic N) is 1. The first kappa shape index (κ1) is 9.03. The Kier molecular flexibility index (Phi) is 2.35. The van der Waals surface area contributed by atoms with Crippen molar-refractivity contribution in [2.75, 3.05) is 0 Å². The fraction of sp³-hybridized carbons (Fsp3) is 0.375. The number of pyridine rings is 1. The Labute approximate surface area is 68.2 Å². The Morgan fingerprint density at radius 1 is 1.33 bits per heavy atom. The normalized spacial score (nSPS) is 10.8. The van der Waals surface area contributed by atoms with E-state index in [0.29, 0.717) is 0 Å². The standard InChI is InChI=1S/C8H8F3N/c1-4-3-12-5(2)7(9)6(4)8(10)11/h3,8H,1-2H3. The van der Waals surface area contributed by atoms with Crippen molar-refractivity contribution in [1.82, 2.24) is 4.98 Å². The molecule has 1 heterocycles. The highest BCUT2D eigenvalue weighted by atomic mass is 19.3. The third-order valence-electron chi connectivity index (χ3n) is 1.65. The van der Waals surface area contributed by atoms with Gasteiger partial charge >= 0.3 is 0 Å². The Morgan fingerprint density at radius 3 is 2.33 bits per heavy atom. The average Bonchev–Trinajstić information content (AvgIpc) is 1.97. The number of aryl methyl sites for hydroxylation is 2. The van der Waals surface area contributed by atoms with E-state index in [4.69, 9.17) is 0 Å². The summed E-state index contributed by atoms with van der Waals surface area (Å²) in [6.45, 7) is 2.78. The first-order valence-electron chi connectivity index (χ1n) is 3.43. The molecule has 4 heteroatoms. The summed E-state index contributed by atoms with van der Waals surface area (Å²) in [7, 11) is 0. The fourth-order valence-electron chi connectivity index (χ4n) is 0.956. The van der Waals surface area contributed by atoms with Crippen molar-refractivity contribution in [1.29, 1.82) is 0 Å². The molecule has 1 aromatic rings. The van der Waals surface area contributed by atoms with E-state index in [0.717, 1.165) is 0 Å². The molecule has 0 aliphatic heterocycles. The lowest BCUT2D eigenvalue weighted by atomic mass is 10.1. The molecular weight excluding hydrogens is 167 g/mol. The third-order valence-corrected chi connectivity index (χ3v) is 1.65. The van der Waals surface area contributed by atoms with E-state index in [2.05, 4.69) is 4.98 Å².